The molecule has 1 aromatic rings. The van der Waals surface area contributed by atoms with Crippen LogP contribution < -0.4 is 11.4 Å². The Bertz CT molecular complexity index is 266. The van der Waals surface area contributed by atoms with E-state index in [4.69, 9.17) is 5.73 Å². The third kappa shape index (κ3) is 1.41. The van der Waals surface area contributed by atoms with E-state index < -0.39 is 0 Å². The number of nitrogens with zero attached hydrogens (tertiary/aromatic N) is 1. The average Bonchev–Trinajstić information content (AvgIpc) is 1.88. The quantitative estimate of drug-likeness (QED) is 0.565. The van der Waals surface area contributed by atoms with Gasteiger partial charge in [-0.15, -0.1) is 0 Å². The van der Waals surface area contributed by atoms with Crippen LogP contribution in [0.2, 0.25) is 0 Å². The second-order valence-corrected chi connectivity index (χ2v) is 2.12. The Hall–Kier alpha value is -1.16. The van der Waals surface area contributed by atoms with Crippen molar-refractivity contribution in [2.75, 3.05) is 0 Å². The molecule has 3 N–H and O–H groups in total. The number of nitrogens with one attached hydrogen (secondary N) is 1. The molecule has 0 saturated carbocycles. The van der Waals surface area contributed by atoms with E-state index >= 15 is 0 Å². The highest BCUT2D eigenvalue weighted by Crippen LogP contribution is 1.99. The normalized spacial score (nSPS) is 13.0. The topological polar surface area (TPSA) is 71.8 Å². The molecule has 0 bridgehead atoms. The van der Waals surface area contributed by atoms with Crippen molar-refractivity contribution in [3.8, 4) is 0 Å². The lowest BCUT2D eigenvalue weighted by molar-refractivity contribution is 0.765. The molecule has 0 amide bonds. The second kappa shape index (κ2) is 2.62. The first-order valence-corrected chi connectivity index (χ1v) is 3.01. The molecule has 1 heterocycles. The fourth-order valence-corrected chi connectivity index (χ4v) is 0.648. The van der Waals surface area contributed by atoms with Gasteiger partial charge in [0.25, 0.3) is 0 Å². The van der Waals surface area contributed by atoms with Crippen LogP contribution >= 0.6 is 0 Å². The van der Waals surface area contributed by atoms with E-state index in [2.05, 4.69) is 9.97 Å². The zero-order chi connectivity index (χ0) is 7.56. The maximum atomic E-state index is 10.6. The molecule has 0 aliphatic rings. The molecule has 54 valence electrons. The van der Waals surface area contributed by atoms with Crippen molar-refractivity contribution in [1.82, 2.24) is 9.97 Å². The lowest BCUT2D eigenvalue weighted by atomic mass is 10.2. The first kappa shape index (κ1) is 6.95. The van der Waals surface area contributed by atoms with E-state index in [1.54, 1.807) is 13.0 Å². The smallest absolute Gasteiger partial charge is 0.323 e. The molecule has 0 saturated heterocycles. The molecule has 1 atom stereocenters. The molecule has 1 aromatic heterocycles. The van der Waals surface area contributed by atoms with E-state index in [0.717, 1.165) is 0 Å². The van der Waals surface area contributed by atoms with Gasteiger partial charge in [-0.25, -0.2) is 9.78 Å². The zero-order valence-corrected chi connectivity index (χ0v) is 5.66. The number of H-pyrrole nitrogens is 1. The number of aromatic amines is 1. The van der Waals surface area contributed by atoms with Gasteiger partial charge in [0.1, 0.15) is 0 Å². The Kier molecular flexibility index (Phi) is 1.82. The predicted molar refractivity (Wildman–Crippen MR) is 37.5 cm³/mol. The van der Waals surface area contributed by atoms with Gasteiger partial charge >= 0.3 is 5.69 Å². The summed E-state index contributed by atoms with van der Waals surface area (Å²) in [6.45, 7) is 1.80. The van der Waals surface area contributed by atoms with Crippen molar-refractivity contribution in [1.29, 1.82) is 0 Å². The van der Waals surface area contributed by atoms with Gasteiger partial charge in [0.15, 0.2) is 0 Å². The SMILES string of the molecule is CC(N)c1ccnc(=O)[nH]1. The molecule has 0 radical (unpaired) electrons. The van der Waals surface area contributed by atoms with Crippen molar-refractivity contribution in [3.05, 3.63) is 28.4 Å². The van der Waals surface area contributed by atoms with Crippen LogP contribution in [0.25, 0.3) is 0 Å². The van der Waals surface area contributed by atoms with E-state index in [0.29, 0.717) is 5.69 Å². The van der Waals surface area contributed by atoms with Crippen LogP contribution in [-0.2, 0) is 0 Å². The molecule has 0 fully saturated rings. The highest BCUT2D eigenvalue weighted by Gasteiger charge is 1.97. The summed E-state index contributed by atoms with van der Waals surface area (Å²) in [5, 5.41) is 0. The van der Waals surface area contributed by atoms with Crippen LogP contribution in [0, 0.1) is 0 Å². The fourth-order valence-electron chi connectivity index (χ4n) is 0.648. The van der Waals surface area contributed by atoms with E-state index in [-0.39, 0.29) is 11.7 Å². The van der Waals surface area contributed by atoms with Gasteiger partial charge in [0, 0.05) is 17.9 Å². The van der Waals surface area contributed by atoms with Gasteiger partial charge in [0.2, 0.25) is 0 Å². The monoisotopic (exact) mass is 139 g/mol. The molecule has 1 rings (SSSR count). The number of hydrogen-bond donors (Lipinski definition) is 2. The maximum Gasteiger partial charge on any atom is 0.345 e. The van der Waals surface area contributed by atoms with Crippen LogP contribution in [0.5, 0.6) is 0 Å². The Morgan fingerprint density at radius 1 is 1.80 bits per heavy atom. The summed E-state index contributed by atoms with van der Waals surface area (Å²) in [5.41, 5.74) is 5.84. The average molecular weight is 139 g/mol. The van der Waals surface area contributed by atoms with Crippen LogP contribution in [0.15, 0.2) is 17.1 Å². The highest BCUT2D eigenvalue weighted by molar-refractivity contribution is 5.01. The Morgan fingerprint density at radius 3 is 2.90 bits per heavy atom. The summed E-state index contributed by atoms with van der Waals surface area (Å²) in [5.74, 6) is 0. The van der Waals surface area contributed by atoms with E-state index in [1.165, 1.54) is 6.20 Å². The highest BCUT2D eigenvalue weighted by atomic mass is 16.1. The lowest BCUT2D eigenvalue weighted by Crippen LogP contribution is -2.16. The van der Waals surface area contributed by atoms with Gasteiger partial charge in [0.05, 0.1) is 0 Å². The molecule has 0 aromatic carbocycles. The van der Waals surface area contributed by atoms with Gasteiger partial charge in [-0.3, -0.25) is 0 Å². The van der Waals surface area contributed by atoms with Crippen molar-refractivity contribution >= 4 is 0 Å². The predicted octanol–water partition coefficient (Wildman–Crippen LogP) is -0.210. The first-order chi connectivity index (χ1) is 4.70. The molecule has 0 aliphatic heterocycles. The molecular weight excluding hydrogens is 130 g/mol. The van der Waals surface area contributed by atoms with Crippen molar-refractivity contribution in [2.45, 2.75) is 13.0 Å². The molecule has 0 aliphatic carbocycles. The van der Waals surface area contributed by atoms with Crippen LogP contribution in [-0.4, -0.2) is 9.97 Å². The summed E-state index contributed by atoms with van der Waals surface area (Å²) in [4.78, 5) is 16.5. The lowest BCUT2D eigenvalue weighted by Gasteiger charge is -2.01. The standard InChI is InChI=1S/C6H9N3O/c1-4(7)5-2-3-8-6(10)9-5/h2-4H,7H2,1H3,(H,8,9,10). The number of rotatable bonds is 1. The molecule has 4 heteroatoms. The Morgan fingerprint density at radius 2 is 2.50 bits per heavy atom. The van der Waals surface area contributed by atoms with Gasteiger partial charge in [-0.1, -0.05) is 0 Å². The fraction of sp³-hybridized carbons (Fsp3) is 0.333. The van der Waals surface area contributed by atoms with Crippen molar-refractivity contribution in [3.63, 3.8) is 0 Å². The zero-order valence-electron chi connectivity index (χ0n) is 5.66. The van der Waals surface area contributed by atoms with Crippen molar-refractivity contribution < 1.29 is 0 Å². The molecule has 1 unspecified atom stereocenters. The number of hydrogen-bond acceptors (Lipinski definition) is 3. The third-order valence-electron chi connectivity index (χ3n) is 1.19. The van der Waals surface area contributed by atoms with Gasteiger partial charge < -0.3 is 10.7 Å². The molecular formula is C6H9N3O. The summed E-state index contributed by atoms with van der Waals surface area (Å²) >= 11 is 0. The number of nitrogens with two attached hydrogens (primary N) is 1. The molecule has 0 spiro atoms. The summed E-state index contributed by atoms with van der Waals surface area (Å²) < 4.78 is 0. The second-order valence-electron chi connectivity index (χ2n) is 2.12. The minimum Gasteiger partial charge on any atom is -0.323 e. The minimum atomic E-state index is -0.352. The molecule has 4 nitrogen and oxygen atoms in total. The maximum absolute atomic E-state index is 10.6. The summed E-state index contributed by atoms with van der Waals surface area (Å²) in [6.07, 6.45) is 1.44. The summed E-state index contributed by atoms with van der Waals surface area (Å²) in [6, 6.07) is 1.54. The van der Waals surface area contributed by atoms with Crippen LogP contribution in [0.3, 0.4) is 0 Å². The first-order valence-electron chi connectivity index (χ1n) is 3.01. The van der Waals surface area contributed by atoms with Crippen LogP contribution in [0.1, 0.15) is 18.7 Å². The summed E-state index contributed by atoms with van der Waals surface area (Å²) in [7, 11) is 0. The van der Waals surface area contributed by atoms with Gasteiger partial charge in [-0.05, 0) is 13.0 Å². The van der Waals surface area contributed by atoms with Crippen LogP contribution in [0.4, 0.5) is 0 Å². The Labute approximate surface area is 58.1 Å². The minimum absolute atomic E-state index is 0.143. The third-order valence-corrected chi connectivity index (χ3v) is 1.19. The Balaban J connectivity index is 3.07. The molecule has 10 heavy (non-hydrogen) atoms. The van der Waals surface area contributed by atoms with Crippen molar-refractivity contribution in [2.24, 2.45) is 5.73 Å². The number of aromatic nitrogens is 2. The van der Waals surface area contributed by atoms with E-state index in [9.17, 15) is 4.79 Å². The van der Waals surface area contributed by atoms with E-state index in [1.807, 2.05) is 0 Å². The van der Waals surface area contributed by atoms with Gasteiger partial charge in [-0.2, -0.15) is 0 Å². The largest absolute Gasteiger partial charge is 0.345 e.